The summed E-state index contributed by atoms with van der Waals surface area (Å²) >= 11 is 0. The van der Waals surface area contributed by atoms with Gasteiger partial charge in [-0.3, -0.25) is 0 Å². The number of aromatic nitrogens is 4. The van der Waals surface area contributed by atoms with Crippen molar-refractivity contribution in [2.24, 2.45) is 0 Å². The van der Waals surface area contributed by atoms with E-state index in [-0.39, 0.29) is 0 Å². The Labute approximate surface area is 146 Å². The monoisotopic (exact) mass is 338 g/mol. The molecular formula is C18H22N6O. The van der Waals surface area contributed by atoms with Crippen LogP contribution in [0.25, 0.3) is 16.9 Å². The minimum atomic E-state index is 0.458. The molecule has 7 heteroatoms. The zero-order valence-corrected chi connectivity index (χ0v) is 14.7. The average molecular weight is 338 g/mol. The van der Waals surface area contributed by atoms with E-state index in [0.717, 1.165) is 48.1 Å². The Morgan fingerprint density at radius 2 is 2.16 bits per heavy atom. The second-order valence-electron chi connectivity index (χ2n) is 6.40. The van der Waals surface area contributed by atoms with Crippen molar-refractivity contribution in [3.63, 3.8) is 0 Å². The standard InChI is InChI=1S/C18H22N6O/c1-12-11-23(9-8-19-12)16-5-4-15-21-13(2)18(24(15)22-16)14-6-7-20-17(10-14)25-3/h4-7,10,12,19H,8-9,11H2,1-3H3/t12-/m0/s1. The van der Waals surface area contributed by atoms with Crippen molar-refractivity contribution >= 4 is 11.5 Å². The van der Waals surface area contributed by atoms with Gasteiger partial charge in [-0.2, -0.15) is 0 Å². The summed E-state index contributed by atoms with van der Waals surface area (Å²) in [6.45, 7) is 7.07. The molecule has 25 heavy (non-hydrogen) atoms. The number of rotatable bonds is 3. The number of ether oxygens (including phenoxy) is 1. The number of fused-ring (bicyclic) bond motifs is 1. The maximum atomic E-state index is 5.26. The van der Waals surface area contributed by atoms with Crippen LogP contribution in [0.2, 0.25) is 0 Å². The highest BCUT2D eigenvalue weighted by Crippen LogP contribution is 2.27. The van der Waals surface area contributed by atoms with Gasteiger partial charge in [0.1, 0.15) is 5.82 Å². The number of methoxy groups -OCH3 is 1. The summed E-state index contributed by atoms with van der Waals surface area (Å²) in [5, 5.41) is 8.34. The van der Waals surface area contributed by atoms with Crippen molar-refractivity contribution in [2.45, 2.75) is 19.9 Å². The molecular weight excluding hydrogens is 316 g/mol. The molecule has 0 aromatic carbocycles. The second-order valence-corrected chi connectivity index (χ2v) is 6.40. The van der Waals surface area contributed by atoms with E-state index in [2.05, 4.69) is 33.2 Å². The number of anilines is 1. The number of nitrogens with zero attached hydrogens (tertiary/aromatic N) is 5. The molecule has 1 saturated heterocycles. The van der Waals surface area contributed by atoms with Gasteiger partial charge in [-0.15, -0.1) is 5.10 Å². The van der Waals surface area contributed by atoms with Crippen LogP contribution < -0.4 is 15.0 Å². The van der Waals surface area contributed by atoms with Gasteiger partial charge >= 0.3 is 0 Å². The van der Waals surface area contributed by atoms with Crippen molar-refractivity contribution in [3.05, 3.63) is 36.2 Å². The molecule has 0 spiro atoms. The van der Waals surface area contributed by atoms with Crippen molar-refractivity contribution in [1.82, 2.24) is 24.9 Å². The highest BCUT2D eigenvalue weighted by atomic mass is 16.5. The van der Waals surface area contributed by atoms with Gasteiger partial charge in [0.2, 0.25) is 5.88 Å². The number of aryl methyl sites for hydroxylation is 1. The molecule has 0 unspecified atom stereocenters. The molecule has 0 amide bonds. The lowest BCUT2D eigenvalue weighted by Gasteiger charge is -2.32. The lowest BCUT2D eigenvalue weighted by Crippen LogP contribution is -2.49. The summed E-state index contributed by atoms with van der Waals surface area (Å²) < 4.78 is 7.18. The molecule has 0 bridgehead atoms. The third kappa shape index (κ3) is 2.91. The van der Waals surface area contributed by atoms with E-state index in [4.69, 9.17) is 9.84 Å². The predicted octanol–water partition coefficient (Wildman–Crippen LogP) is 1.91. The van der Waals surface area contributed by atoms with Crippen LogP contribution in [0, 0.1) is 6.92 Å². The third-order valence-corrected chi connectivity index (χ3v) is 4.55. The first-order valence-corrected chi connectivity index (χ1v) is 8.51. The highest BCUT2D eigenvalue weighted by Gasteiger charge is 2.19. The fourth-order valence-electron chi connectivity index (χ4n) is 3.34. The van der Waals surface area contributed by atoms with Gasteiger partial charge in [0.05, 0.1) is 18.5 Å². The largest absolute Gasteiger partial charge is 0.481 e. The first-order chi connectivity index (χ1) is 12.2. The van der Waals surface area contributed by atoms with Crippen LogP contribution in [0.5, 0.6) is 5.88 Å². The first-order valence-electron chi connectivity index (χ1n) is 8.51. The van der Waals surface area contributed by atoms with Gasteiger partial charge in [0.25, 0.3) is 0 Å². The normalized spacial score (nSPS) is 17.9. The zero-order chi connectivity index (χ0) is 17.4. The molecule has 0 radical (unpaired) electrons. The molecule has 4 heterocycles. The predicted molar refractivity (Wildman–Crippen MR) is 97.2 cm³/mol. The first kappa shape index (κ1) is 15.8. The van der Waals surface area contributed by atoms with Crippen LogP contribution in [0.4, 0.5) is 5.82 Å². The summed E-state index contributed by atoms with van der Waals surface area (Å²) in [6, 6.07) is 8.41. The van der Waals surface area contributed by atoms with Crippen LogP contribution in [0.15, 0.2) is 30.5 Å². The Kier molecular flexibility index (Phi) is 4.01. The lowest BCUT2D eigenvalue weighted by molar-refractivity contribution is 0.398. The van der Waals surface area contributed by atoms with E-state index in [1.165, 1.54) is 0 Å². The third-order valence-electron chi connectivity index (χ3n) is 4.55. The van der Waals surface area contributed by atoms with Crippen LogP contribution in [0.1, 0.15) is 12.6 Å². The van der Waals surface area contributed by atoms with Gasteiger partial charge < -0.3 is 15.0 Å². The molecule has 1 fully saturated rings. The lowest BCUT2D eigenvalue weighted by atomic mass is 10.1. The van der Waals surface area contributed by atoms with Gasteiger partial charge in [0.15, 0.2) is 5.65 Å². The van der Waals surface area contributed by atoms with Crippen LogP contribution in [-0.4, -0.2) is 52.4 Å². The van der Waals surface area contributed by atoms with E-state index in [9.17, 15) is 0 Å². The number of hydrogen-bond acceptors (Lipinski definition) is 6. The van der Waals surface area contributed by atoms with E-state index < -0.39 is 0 Å². The molecule has 1 N–H and O–H groups in total. The Balaban J connectivity index is 1.81. The Morgan fingerprint density at radius 1 is 1.28 bits per heavy atom. The average Bonchev–Trinajstić information content (AvgIpc) is 2.96. The quantitative estimate of drug-likeness (QED) is 0.787. The van der Waals surface area contributed by atoms with E-state index in [1.807, 2.05) is 29.6 Å². The van der Waals surface area contributed by atoms with Crippen molar-refractivity contribution in [1.29, 1.82) is 0 Å². The van der Waals surface area contributed by atoms with Gasteiger partial charge in [0, 0.05) is 43.5 Å². The van der Waals surface area contributed by atoms with E-state index in [0.29, 0.717) is 11.9 Å². The maximum Gasteiger partial charge on any atom is 0.213 e. The van der Waals surface area contributed by atoms with Crippen LogP contribution in [0.3, 0.4) is 0 Å². The molecule has 1 aliphatic rings. The number of hydrogen-bond donors (Lipinski definition) is 1. The molecule has 0 saturated carbocycles. The summed E-state index contributed by atoms with van der Waals surface area (Å²) in [6.07, 6.45) is 1.74. The van der Waals surface area contributed by atoms with Crippen LogP contribution in [-0.2, 0) is 0 Å². The molecule has 1 aliphatic heterocycles. The van der Waals surface area contributed by atoms with Crippen molar-refractivity contribution in [3.8, 4) is 17.1 Å². The number of imidazole rings is 1. The fraction of sp³-hybridized carbons (Fsp3) is 0.389. The molecule has 0 aliphatic carbocycles. The van der Waals surface area contributed by atoms with E-state index in [1.54, 1.807) is 13.3 Å². The fourth-order valence-corrected chi connectivity index (χ4v) is 3.34. The topological polar surface area (TPSA) is 67.6 Å². The summed E-state index contributed by atoms with van der Waals surface area (Å²) in [7, 11) is 1.62. The van der Waals surface area contributed by atoms with Gasteiger partial charge in [-0.25, -0.2) is 14.5 Å². The smallest absolute Gasteiger partial charge is 0.213 e. The van der Waals surface area contributed by atoms with Gasteiger partial charge in [-0.05, 0) is 32.0 Å². The molecule has 130 valence electrons. The number of pyridine rings is 1. The molecule has 3 aromatic heterocycles. The molecule has 4 rings (SSSR count). The second kappa shape index (κ2) is 6.33. The SMILES string of the molecule is COc1cc(-c2c(C)nc3ccc(N4CCN[C@@H](C)C4)nn23)ccn1. The van der Waals surface area contributed by atoms with E-state index >= 15 is 0 Å². The molecule has 7 nitrogen and oxygen atoms in total. The Hall–Kier alpha value is -2.67. The highest BCUT2D eigenvalue weighted by molar-refractivity contribution is 5.67. The number of nitrogens with one attached hydrogen (secondary N) is 1. The van der Waals surface area contributed by atoms with Crippen molar-refractivity contribution < 1.29 is 4.74 Å². The molecule has 1 atom stereocenters. The summed E-state index contributed by atoms with van der Waals surface area (Å²) in [4.78, 5) is 11.2. The maximum absolute atomic E-state index is 5.26. The minimum Gasteiger partial charge on any atom is -0.481 e. The number of piperazine rings is 1. The van der Waals surface area contributed by atoms with Gasteiger partial charge in [-0.1, -0.05) is 0 Å². The zero-order valence-electron chi connectivity index (χ0n) is 14.7. The Morgan fingerprint density at radius 3 is 2.96 bits per heavy atom. The minimum absolute atomic E-state index is 0.458. The molecule has 3 aromatic rings. The van der Waals surface area contributed by atoms with Crippen LogP contribution >= 0.6 is 0 Å². The summed E-state index contributed by atoms with van der Waals surface area (Å²) in [5.74, 6) is 1.56. The summed E-state index contributed by atoms with van der Waals surface area (Å²) in [5.41, 5.74) is 3.75. The Bertz CT molecular complexity index is 906. The van der Waals surface area contributed by atoms with Crippen molar-refractivity contribution in [2.75, 3.05) is 31.6 Å².